The highest BCUT2D eigenvalue weighted by Crippen LogP contribution is 2.40. The molecule has 2 nitrogen and oxygen atoms in total. The van der Waals surface area contributed by atoms with E-state index in [1.54, 1.807) is 0 Å². The first-order valence-electron chi connectivity index (χ1n) is 5.77. The van der Waals surface area contributed by atoms with Gasteiger partial charge in [-0.15, -0.1) is 0 Å². The van der Waals surface area contributed by atoms with Crippen molar-refractivity contribution in [1.82, 2.24) is 0 Å². The Kier molecular flexibility index (Phi) is 3.26. The first-order valence-corrected chi connectivity index (χ1v) is 5.77. The maximum atomic E-state index is 12.9. The summed E-state index contributed by atoms with van der Waals surface area (Å²) in [5, 5.41) is 0. The van der Waals surface area contributed by atoms with Crippen LogP contribution in [0.2, 0.25) is 0 Å². The fourth-order valence-corrected chi connectivity index (χ4v) is 2.52. The van der Waals surface area contributed by atoms with Crippen LogP contribution < -0.4 is 5.73 Å². The minimum atomic E-state index is -0.195. The predicted octanol–water partition coefficient (Wildman–Crippen LogP) is 2.08. The molecular weight excluding hydrogens is 205 g/mol. The van der Waals surface area contributed by atoms with Crippen molar-refractivity contribution in [1.29, 1.82) is 0 Å². The second-order valence-corrected chi connectivity index (χ2v) is 4.50. The van der Waals surface area contributed by atoms with E-state index in [-0.39, 0.29) is 11.2 Å². The summed E-state index contributed by atoms with van der Waals surface area (Å²) in [6, 6.07) is 6.74. The SMILES string of the molecule is CCC(CN)C1(c2ccc(F)cc2)COC1. The number of ether oxygens (including phenoxy) is 1. The Morgan fingerprint density at radius 2 is 2.00 bits per heavy atom. The lowest BCUT2D eigenvalue weighted by Crippen LogP contribution is -2.54. The fourth-order valence-electron chi connectivity index (χ4n) is 2.52. The molecule has 1 aliphatic heterocycles. The number of hydrogen-bond acceptors (Lipinski definition) is 2. The third-order valence-electron chi connectivity index (χ3n) is 3.70. The van der Waals surface area contributed by atoms with Gasteiger partial charge in [-0.2, -0.15) is 0 Å². The van der Waals surface area contributed by atoms with Crippen LogP contribution in [0.25, 0.3) is 0 Å². The molecule has 0 spiro atoms. The summed E-state index contributed by atoms with van der Waals surface area (Å²) in [4.78, 5) is 0. The van der Waals surface area contributed by atoms with Crippen LogP contribution in [0.1, 0.15) is 18.9 Å². The summed E-state index contributed by atoms with van der Waals surface area (Å²) < 4.78 is 18.3. The Labute approximate surface area is 95.6 Å². The van der Waals surface area contributed by atoms with Crippen LogP contribution in [0.15, 0.2) is 24.3 Å². The van der Waals surface area contributed by atoms with E-state index in [4.69, 9.17) is 10.5 Å². The lowest BCUT2D eigenvalue weighted by Gasteiger charge is -2.47. The van der Waals surface area contributed by atoms with Crippen molar-refractivity contribution in [3.8, 4) is 0 Å². The molecule has 1 aromatic rings. The monoisotopic (exact) mass is 223 g/mol. The predicted molar refractivity (Wildman–Crippen MR) is 61.7 cm³/mol. The average molecular weight is 223 g/mol. The zero-order valence-electron chi connectivity index (χ0n) is 9.58. The van der Waals surface area contributed by atoms with Crippen molar-refractivity contribution < 1.29 is 9.13 Å². The van der Waals surface area contributed by atoms with E-state index < -0.39 is 0 Å². The number of hydrogen-bond donors (Lipinski definition) is 1. The highest BCUT2D eigenvalue weighted by Gasteiger charge is 2.45. The number of nitrogens with two attached hydrogens (primary N) is 1. The molecule has 0 radical (unpaired) electrons. The van der Waals surface area contributed by atoms with Gasteiger partial charge < -0.3 is 10.5 Å². The standard InChI is InChI=1S/C13H18FNO/c1-2-10(7-15)13(8-16-9-13)11-3-5-12(14)6-4-11/h3-6,10H,2,7-9,15H2,1H3. The molecule has 2 N–H and O–H groups in total. The zero-order chi connectivity index (χ0) is 11.6. The molecule has 0 aliphatic carbocycles. The normalized spacial score (nSPS) is 20.2. The maximum Gasteiger partial charge on any atom is 0.123 e. The van der Waals surface area contributed by atoms with E-state index in [1.807, 2.05) is 12.1 Å². The molecule has 1 unspecified atom stereocenters. The molecule has 0 bridgehead atoms. The number of halogens is 1. The minimum Gasteiger partial charge on any atom is -0.379 e. The number of benzene rings is 1. The Morgan fingerprint density at radius 1 is 1.38 bits per heavy atom. The molecule has 2 rings (SSSR count). The van der Waals surface area contributed by atoms with Gasteiger partial charge in [0, 0.05) is 5.41 Å². The van der Waals surface area contributed by atoms with Crippen LogP contribution in [0.4, 0.5) is 4.39 Å². The van der Waals surface area contributed by atoms with E-state index in [2.05, 4.69) is 6.92 Å². The molecule has 0 aromatic heterocycles. The Hall–Kier alpha value is -0.930. The van der Waals surface area contributed by atoms with Gasteiger partial charge in [-0.1, -0.05) is 25.5 Å². The molecule has 3 heteroatoms. The molecule has 0 amide bonds. The fraction of sp³-hybridized carbons (Fsp3) is 0.538. The van der Waals surface area contributed by atoms with Crippen molar-refractivity contribution in [3.63, 3.8) is 0 Å². The Morgan fingerprint density at radius 3 is 2.38 bits per heavy atom. The highest BCUT2D eigenvalue weighted by atomic mass is 19.1. The van der Waals surface area contributed by atoms with Crippen molar-refractivity contribution in [3.05, 3.63) is 35.6 Å². The van der Waals surface area contributed by atoms with Crippen molar-refractivity contribution >= 4 is 0 Å². The summed E-state index contributed by atoms with van der Waals surface area (Å²) in [7, 11) is 0. The summed E-state index contributed by atoms with van der Waals surface area (Å²) in [6.07, 6.45) is 1.03. The summed E-state index contributed by atoms with van der Waals surface area (Å²) in [5.41, 5.74) is 6.98. The summed E-state index contributed by atoms with van der Waals surface area (Å²) in [6.45, 7) is 4.20. The molecule has 1 heterocycles. The second kappa shape index (κ2) is 4.52. The molecular formula is C13H18FNO. The Balaban J connectivity index is 2.30. The smallest absolute Gasteiger partial charge is 0.123 e. The lowest BCUT2D eigenvalue weighted by molar-refractivity contribution is -0.0898. The van der Waals surface area contributed by atoms with Gasteiger partial charge in [0.25, 0.3) is 0 Å². The van der Waals surface area contributed by atoms with E-state index in [0.717, 1.165) is 12.0 Å². The summed E-state index contributed by atoms with van der Waals surface area (Å²) >= 11 is 0. The van der Waals surface area contributed by atoms with Gasteiger partial charge in [0.15, 0.2) is 0 Å². The van der Waals surface area contributed by atoms with E-state index in [0.29, 0.717) is 25.7 Å². The van der Waals surface area contributed by atoms with Crippen molar-refractivity contribution in [2.24, 2.45) is 11.7 Å². The van der Waals surface area contributed by atoms with E-state index in [1.165, 1.54) is 12.1 Å². The van der Waals surface area contributed by atoms with Crippen molar-refractivity contribution in [2.75, 3.05) is 19.8 Å². The van der Waals surface area contributed by atoms with Crippen LogP contribution in [0.3, 0.4) is 0 Å². The van der Waals surface area contributed by atoms with Gasteiger partial charge in [0.2, 0.25) is 0 Å². The Bertz CT molecular complexity index is 341. The van der Waals surface area contributed by atoms with Gasteiger partial charge in [-0.3, -0.25) is 0 Å². The first kappa shape index (κ1) is 11.6. The van der Waals surface area contributed by atoms with Crippen LogP contribution in [0, 0.1) is 11.7 Å². The molecule has 88 valence electrons. The third-order valence-corrected chi connectivity index (χ3v) is 3.70. The van der Waals surface area contributed by atoms with Crippen LogP contribution in [0.5, 0.6) is 0 Å². The van der Waals surface area contributed by atoms with Gasteiger partial charge in [-0.05, 0) is 30.2 Å². The molecule has 16 heavy (non-hydrogen) atoms. The third kappa shape index (κ3) is 1.74. The largest absolute Gasteiger partial charge is 0.379 e. The van der Waals surface area contributed by atoms with Crippen molar-refractivity contribution in [2.45, 2.75) is 18.8 Å². The zero-order valence-corrected chi connectivity index (χ0v) is 9.58. The molecule has 1 aliphatic rings. The van der Waals surface area contributed by atoms with E-state index >= 15 is 0 Å². The molecule has 1 atom stereocenters. The van der Waals surface area contributed by atoms with Crippen LogP contribution in [-0.4, -0.2) is 19.8 Å². The van der Waals surface area contributed by atoms with Crippen LogP contribution >= 0.6 is 0 Å². The van der Waals surface area contributed by atoms with Gasteiger partial charge in [0.05, 0.1) is 13.2 Å². The molecule has 0 saturated carbocycles. The van der Waals surface area contributed by atoms with Gasteiger partial charge in [0.1, 0.15) is 5.82 Å². The quantitative estimate of drug-likeness (QED) is 0.848. The van der Waals surface area contributed by atoms with Gasteiger partial charge in [-0.25, -0.2) is 4.39 Å². The maximum absolute atomic E-state index is 12.9. The van der Waals surface area contributed by atoms with Crippen LogP contribution in [-0.2, 0) is 10.2 Å². The topological polar surface area (TPSA) is 35.2 Å². The minimum absolute atomic E-state index is 0.0111. The number of rotatable bonds is 4. The first-order chi connectivity index (χ1) is 7.73. The molecule has 1 fully saturated rings. The van der Waals surface area contributed by atoms with Gasteiger partial charge >= 0.3 is 0 Å². The molecule has 1 aromatic carbocycles. The van der Waals surface area contributed by atoms with E-state index in [9.17, 15) is 4.39 Å². The lowest BCUT2D eigenvalue weighted by atomic mass is 9.67. The molecule has 1 saturated heterocycles. The summed E-state index contributed by atoms with van der Waals surface area (Å²) in [5.74, 6) is 0.214. The average Bonchev–Trinajstić information content (AvgIpc) is 2.25. The highest BCUT2D eigenvalue weighted by molar-refractivity contribution is 5.29. The second-order valence-electron chi connectivity index (χ2n) is 4.50.